The van der Waals surface area contributed by atoms with Crippen LogP contribution in [0.15, 0.2) is 42.5 Å². The average Bonchev–Trinajstić information content (AvgIpc) is 3.28. The second-order valence-corrected chi connectivity index (χ2v) is 20.1. The van der Waals surface area contributed by atoms with Gasteiger partial charge in [0.1, 0.15) is 60.2 Å². The first-order valence-electron chi connectivity index (χ1n) is 24.5. The molecule has 10 unspecified atom stereocenters. The van der Waals surface area contributed by atoms with E-state index >= 15 is 0 Å². The summed E-state index contributed by atoms with van der Waals surface area (Å²) in [6, 6.07) is 0.288. The number of phenols is 1. The van der Waals surface area contributed by atoms with Gasteiger partial charge in [0, 0.05) is 19.8 Å². The lowest BCUT2D eigenvalue weighted by molar-refractivity contribution is -0.156. The number of nitrogens with one attached hydrogen (secondary N) is 8. The van der Waals surface area contributed by atoms with Gasteiger partial charge in [-0.2, -0.15) is 0 Å². The highest BCUT2D eigenvalue weighted by atomic mass is 16.5. The van der Waals surface area contributed by atoms with Gasteiger partial charge in [-0.05, 0) is 92.2 Å². The van der Waals surface area contributed by atoms with Crippen LogP contribution in [0.1, 0.15) is 113 Å². The summed E-state index contributed by atoms with van der Waals surface area (Å²) in [7, 11) is 0. The summed E-state index contributed by atoms with van der Waals surface area (Å²) in [6.07, 6.45) is -0.963. The molecule has 6 bridgehead atoms. The number of phenolic OH excluding ortho intramolecular Hbond substituents is 1. The third kappa shape index (κ3) is 17.0. The van der Waals surface area contributed by atoms with Crippen molar-refractivity contribution >= 4 is 53.2 Å². The predicted octanol–water partition coefficient (Wildman–Crippen LogP) is 2.33. The highest BCUT2D eigenvalue weighted by Gasteiger charge is 2.40. The van der Waals surface area contributed by atoms with Gasteiger partial charge in [-0.1, -0.05) is 80.0 Å². The summed E-state index contributed by atoms with van der Waals surface area (Å²) in [5.41, 5.74) is 0.915. The average molecular weight is 991 g/mol. The molecule has 2 aromatic rings. The zero-order valence-electron chi connectivity index (χ0n) is 42.7. The summed E-state index contributed by atoms with van der Waals surface area (Å²) in [5, 5.41) is 32.5. The van der Waals surface area contributed by atoms with Crippen LogP contribution in [-0.4, -0.2) is 113 Å². The highest BCUT2D eigenvalue weighted by molar-refractivity contribution is 5.98. The van der Waals surface area contributed by atoms with Gasteiger partial charge in [0.2, 0.25) is 47.3 Å². The number of aromatic hydroxyl groups is 1. The van der Waals surface area contributed by atoms with E-state index in [1.807, 2.05) is 48.5 Å². The summed E-state index contributed by atoms with van der Waals surface area (Å²) >= 11 is 0. The molecule has 3 heterocycles. The fraction of sp³-hybridized carbons (Fsp3) is 0.588. The van der Waals surface area contributed by atoms with Crippen LogP contribution in [0.5, 0.6) is 17.2 Å². The fourth-order valence-corrected chi connectivity index (χ4v) is 8.23. The van der Waals surface area contributed by atoms with Crippen molar-refractivity contribution in [3.8, 4) is 17.2 Å². The minimum absolute atomic E-state index is 0.00277. The van der Waals surface area contributed by atoms with Crippen LogP contribution in [0.4, 0.5) is 0 Å². The van der Waals surface area contributed by atoms with Gasteiger partial charge >= 0.3 is 5.97 Å². The summed E-state index contributed by atoms with van der Waals surface area (Å²) < 4.78 is 12.0. The number of carbonyl (C=O) groups excluding carboxylic acids is 9. The van der Waals surface area contributed by atoms with E-state index in [0.29, 0.717) is 17.5 Å². The molecule has 0 aliphatic carbocycles. The van der Waals surface area contributed by atoms with Crippen molar-refractivity contribution in [2.45, 2.75) is 169 Å². The Morgan fingerprint density at radius 1 is 0.690 bits per heavy atom. The molecule has 10 atom stereocenters. The quantitative estimate of drug-likeness (QED) is 0.131. The van der Waals surface area contributed by atoms with Crippen LogP contribution in [0.2, 0.25) is 0 Å². The number of ether oxygens (including phenoxy) is 2. The van der Waals surface area contributed by atoms with Crippen molar-refractivity contribution in [2.75, 3.05) is 0 Å². The van der Waals surface area contributed by atoms with E-state index < -0.39 is 114 Å². The second kappa shape index (κ2) is 25.9. The molecule has 1 fully saturated rings. The molecule has 8 amide bonds. The summed E-state index contributed by atoms with van der Waals surface area (Å²) in [6.45, 7) is 18.7. The minimum atomic E-state index is -1.73. The number of esters is 1. The summed E-state index contributed by atoms with van der Waals surface area (Å²) in [5.74, 6) is -7.62. The predicted molar refractivity (Wildman–Crippen MR) is 262 cm³/mol. The van der Waals surface area contributed by atoms with Gasteiger partial charge in [0.25, 0.3) is 0 Å². The Morgan fingerprint density at radius 3 is 1.86 bits per heavy atom. The van der Waals surface area contributed by atoms with Gasteiger partial charge in [-0.15, -0.1) is 0 Å². The van der Waals surface area contributed by atoms with E-state index in [-0.39, 0.29) is 67.1 Å². The Kier molecular flexibility index (Phi) is 20.8. The van der Waals surface area contributed by atoms with Crippen LogP contribution in [0.25, 0.3) is 0 Å². The zero-order valence-corrected chi connectivity index (χ0v) is 42.7. The number of hydrogen-bond donors (Lipinski definition) is 9. The molecule has 9 N–H and O–H groups in total. The number of rotatable bonds is 13. The smallest absolute Gasteiger partial charge is 0.329 e. The third-order valence-electron chi connectivity index (χ3n) is 12.3. The SMILES string of the molecule is CCC(C)C1NC(=O)C(CC(C)C)NC(=O)C(CC(C)C)NC(=O)C2NC(=O)C(NC(=O)C(C)NC(=O)C(CC(C)C)NC(C)=O)Cc3ccc(cc3)Oc3cc(ccc3O)CC(NC1=O)C(=O)OC2C. The molecule has 3 aliphatic rings. The van der Waals surface area contributed by atoms with Crippen molar-refractivity contribution in [1.29, 1.82) is 0 Å². The largest absolute Gasteiger partial charge is 0.504 e. The van der Waals surface area contributed by atoms with Crippen LogP contribution in [0.3, 0.4) is 0 Å². The van der Waals surface area contributed by atoms with Crippen LogP contribution >= 0.6 is 0 Å². The Balaban J connectivity index is 1.88. The molecule has 71 heavy (non-hydrogen) atoms. The van der Waals surface area contributed by atoms with Crippen LogP contribution in [0, 0.1) is 23.7 Å². The Labute approximate surface area is 416 Å². The van der Waals surface area contributed by atoms with Gasteiger partial charge in [-0.25, -0.2) is 4.79 Å². The van der Waals surface area contributed by atoms with E-state index in [0.717, 1.165) is 0 Å². The van der Waals surface area contributed by atoms with E-state index in [1.165, 1.54) is 39.0 Å². The maximum atomic E-state index is 14.7. The number of benzene rings is 2. The van der Waals surface area contributed by atoms with Crippen molar-refractivity contribution in [3.05, 3.63) is 53.6 Å². The fourth-order valence-electron chi connectivity index (χ4n) is 8.23. The van der Waals surface area contributed by atoms with Gasteiger partial charge < -0.3 is 57.1 Å². The molecule has 1 saturated heterocycles. The van der Waals surface area contributed by atoms with Crippen molar-refractivity contribution in [3.63, 3.8) is 0 Å². The van der Waals surface area contributed by atoms with Gasteiger partial charge in [0.15, 0.2) is 11.5 Å². The van der Waals surface area contributed by atoms with E-state index in [4.69, 9.17) is 9.47 Å². The number of fused-ring (bicyclic) bond motifs is 5. The monoisotopic (exact) mass is 991 g/mol. The maximum absolute atomic E-state index is 14.7. The third-order valence-corrected chi connectivity index (χ3v) is 12.3. The van der Waals surface area contributed by atoms with Gasteiger partial charge in [0.05, 0.1) is 0 Å². The molecule has 0 radical (unpaired) electrons. The number of hydrogen-bond acceptors (Lipinski definition) is 12. The number of carbonyl (C=O) groups is 9. The topological polar surface area (TPSA) is 289 Å². The first-order valence-corrected chi connectivity index (χ1v) is 24.5. The van der Waals surface area contributed by atoms with E-state index in [2.05, 4.69) is 42.5 Å². The summed E-state index contributed by atoms with van der Waals surface area (Å²) in [4.78, 5) is 126. The standard InChI is InChI=1S/C51H74N8O12/c1-12-28(8)42-49(67)57-39-23-33-15-18-40(61)41(24-33)71-34-16-13-32(14-17-34)22-38(54-44(62)29(9)52-45(63)35(19-25(2)3)53-31(11)60)48(66)59-43(30(10)70-51(39)69)50(68)56-36(20-26(4)5)46(64)55-37(21-27(6)7)47(65)58-42/h13-18,24-30,35-39,42-43,61H,12,19-23H2,1-11H3,(H,52,63)(H,53,60)(H,54,62)(H,55,64)(H,56,68)(H,57,67)(H,58,65)(H,59,66). The zero-order chi connectivity index (χ0) is 52.9. The first-order chi connectivity index (χ1) is 33.3. The molecule has 20 nitrogen and oxygen atoms in total. The maximum Gasteiger partial charge on any atom is 0.329 e. The lowest BCUT2D eigenvalue weighted by Gasteiger charge is -2.32. The van der Waals surface area contributed by atoms with Crippen molar-refractivity contribution in [2.24, 2.45) is 23.7 Å². The Hall–Kier alpha value is -6.73. The van der Waals surface area contributed by atoms with Crippen molar-refractivity contribution in [1.82, 2.24) is 42.5 Å². The highest BCUT2D eigenvalue weighted by Crippen LogP contribution is 2.32. The Bertz CT molecular complexity index is 2250. The lowest BCUT2D eigenvalue weighted by atomic mass is 9.95. The van der Waals surface area contributed by atoms with Gasteiger partial charge in [-0.3, -0.25) is 38.4 Å². The second-order valence-electron chi connectivity index (χ2n) is 20.1. The van der Waals surface area contributed by atoms with Crippen LogP contribution < -0.4 is 47.3 Å². The van der Waals surface area contributed by atoms with Crippen LogP contribution in [-0.2, 0) is 60.7 Å². The molecular formula is C51H74N8O12. The molecule has 2 aromatic carbocycles. The Morgan fingerprint density at radius 2 is 1.28 bits per heavy atom. The van der Waals surface area contributed by atoms with E-state index in [9.17, 15) is 48.3 Å². The molecule has 20 heteroatoms. The first kappa shape index (κ1) is 56.9. The molecular weight excluding hydrogens is 917 g/mol. The minimum Gasteiger partial charge on any atom is -0.504 e. The molecule has 390 valence electrons. The van der Waals surface area contributed by atoms with E-state index in [1.54, 1.807) is 31.2 Å². The molecule has 5 rings (SSSR count). The normalized spacial score (nSPS) is 23.9. The molecule has 0 saturated carbocycles. The molecule has 0 aromatic heterocycles. The molecule has 0 spiro atoms. The lowest BCUT2D eigenvalue weighted by Crippen LogP contribution is -2.63. The number of amides is 8. The molecule has 3 aliphatic heterocycles. The van der Waals surface area contributed by atoms with Crippen molar-refractivity contribution < 1.29 is 57.7 Å².